The quantitative estimate of drug-likeness (QED) is 0.792. The van der Waals surface area contributed by atoms with E-state index in [4.69, 9.17) is 18.9 Å². The van der Waals surface area contributed by atoms with Gasteiger partial charge in [-0.15, -0.1) is 0 Å². The Balaban J connectivity index is 1.77. The van der Waals surface area contributed by atoms with Crippen LogP contribution in [0.4, 0.5) is 0 Å². The lowest BCUT2D eigenvalue weighted by Crippen LogP contribution is -2.25. The monoisotopic (exact) mass is 266 g/mol. The van der Waals surface area contributed by atoms with Gasteiger partial charge in [-0.2, -0.15) is 0 Å². The van der Waals surface area contributed by atoms with E-state index in [0.29, 0.717) is 13.2 Å². The minimum Gasteiger partial charge on any atom is -0.491 e. The minimum absolute atomic E-state index is 0.00293. The van der Waals surface area contributed by atoms with Gasteiger partial charge in [0.25, 0.3) is 0 Å². The molecule has 0 unspecified atom stereocenters. The molecule has 1 heterocycles. The highest BCUT2D eigenvalue weighted by Crippen LogP contribution is 2.23. The fourth-order valence-electron chi connectivity index (χ4n) is 2.01. The Bertz CT molecular complexity index is 386. The molecule has 1 atom stereocenters. The Morgan fingerprint density at radius 2 is 2.00 bits per heavy atom. The van der Waals surface area contributed by atoms with Gasteiger partial charge < -0.3 is 18.9 Å². The first-order chi connectivity index (χ1) is 9.09. The molecule has 19 heavy (non-hydrogen) atoms. The van der Waals surface area contributed by atoms with Crippen molar-refractivity contribution in [2.45, 2.75) is 32.2 Å². The molecule has 1 fully saturated rings. The molecule has 0 N–H and O–H groups in total. The SMILES string of the molecule is COCCc1ccc(OC[C@H]2COC(C)(C)O2)cc1. The average Bonchev–Trinajstić information content (AvgIpc) is 2.75. The molecule has 0 spiro atoms. The van der Waals surface area contributed by atoms with Crippen molar-refractivity contribution >= 4 is 0 Å². The lowest BCUT2D eigenvalue weighted by Gasteiger charge is -2.17. The number of hydrogen-bond donors (Lipinski definition) is 0. The van der Waals surface area contributed by atoms with Gasteiger partial charge in [0.05, 0.1) is 13.2 Å². The number of ether oxygens (including phenoxy) is 4. The molecule has 1 aliphatic heterocycles. The molecule has 2 rings (SSSR count). The molecular weight excluding hydrogens is 244 g/mol. The van der Waals surface area contributed by atoms with E-state index < -0.39 is 5.79 Å². The van der Waals surface area contributed by atoms with Crippen LogP contribution in [0.25, 0.3) is 0 Å². The van der Waals surface area contributed by atoms with E-state index in [2.05, 4.69) is 12.1 Å². The fourth-order valence-corrected chi connectivity index (χ4v) is 2.01. The normalized spacial score (nSPS) is 21.5. The highest BCUT2D eigenvalue weighted by molar-refractivity contribution is 5.27. The smallest absolute Gasteiger partial charge is 0.163 e. The van der Waals surface area contributed by atoms with Gasteiger partial charge in [0, 0.05) is 7.11 Å². The topological polar surface area (TPSA) is 36.9 Å². The fraction of sp³-hybridized carbons (Fsp3) is 0.600. The van der Waals surface area contributed by atoms with Crippen molar-refractivity contribution in [3.05, 3.63) is 29.8 Å². The van der Waals surface area contributed by atoms with Crippen LogP contribution in [-0.2, 0) is 20.6 Å². The third kappa shape index (κ3) is 4.49. The third-order valence-electron chi connectivity index (χ3n) is 3.02. The Kier molecular flexibility index (Phi) is 4.80. The summed E-state index contributed by atoms with van der Waals surface area (Å²) in [6.07, 6.45) is 0.924. The summed E-state index contributed by atoms with van der Waals surface area (Å²) in [5.41, 5.74) is 1.25. The first-order valence-corrected chi connectivity index (χ1v) is 6.61. The van der Waals surface area contributed by atoms with Crippen molar-refractivity contribution in [3.63, 3.8) is 0 Å². The lowest BCUT2D eigenvalue weighted by molar-refractivity contribution is -0.141. The highest BCUT2D eigenvalue weighted by atomic mass is 16.7. The first-order valence-electron chi connectivity index (χ1n) is 6.61. The number of benzene rings is 1. The maximum absolute atomic E-state index is 5.71. The van der Waals surface area contributed by atoms with Crippen LogP contribution in [0.3, 0.4) is 0 Å². The molecule has 106 valence electrons. The molecule has 1 saturated heterocycles. The second-order valence-electron chi connectivity index (χ2n) is 5.15. The van der Waals surface area contributed by atoms with Gasteiger partial charge in [0.15, 0.2) is 5.79 Å². The minimum atomic E-state index is -0.488. The van der Waals surface area contributed by atoms with Crippen LogP contribution in [0.1, 0.15) is 19.4 Å². The van der Waals surface area contributed by atoms with Crippen LogP contribution >= 0.6 is 0 Å². The van der Waals surface area contributed by atoms with Crippen molar-refractivity contribution in [2.75, 3.05) is 26.9 Å². The molecule has 0 amide bonds. The van der Waals surface area contributed by atoms with E-state index in [1.54, 1.807) is 7.11 Å². The van der Waals surface area contributed by atoms with E-state index in [1.165, 1.54) is 5.56 Å². The molecule has 1 aromatic carbocycles. The molecule has 0 aromatic heterocycles. The van der Waals surface area contributed by atoms with Gasteiger partial charge in [-0.05, 0) is 38.0 Å². The summed E-state index contributed by atoms with van der Waals surface area (Å²) in [5.74, 6) is 0.368. The highest BCUT2D eigenvalue weighted by Gasteiger charge is 2.32. The standard InChI is InChI=1S/C15H22O4/c1-15(2)18-11-14(19-15)10-17-13-6-4-12(5-7-13)8-9-16-3/h4-7,14H,8-11H2,1-3H3/t14-/m0/s1. The molecule has 0 radical (unpaired) electrons. The van der Waals surface area contributed by atoms with Crippen molar-refractivity contribution in [3.8, 4) is 5.75 Å². The predicted octanol–water partition coefficient (Wildman–Crippen LogP) is 2.41. The zero-order chi connectivity index (χ0) is 13.7. The van der Waals surface area contributed by atoms with Gasteiger partial charge in [0.2, 0.25) is 0 Å². The Labute approximate surface area is 114 Å². The van der Waals surface area contributed by atoms with E-state index in [1.807, 2.05) is 26.0 Å². The summed E-state index contributed by atoms with van der Waals surface area (Å²) < 4.78 is 21.9. The van der Waals surface area contributed by atoms with Crippen LogP contribution in [0.2, 0.25) is 0 Å². The number of methoxy groups -OCH3 is 1. The average molecular weight is 266 g/mol. The molecule has 0 aliphatic carbocycles. The molecule has 1 aliphatic rings. The van der Waals surface area contributed by atoms with Crippen molar-refractivity contribution in [1.29, 1.82) is 0 Å². The van der Waals surface area contributed by atoms with Gasteiger partial charge >= 0.3 is 0 Å². The van der Waals surface area contributed by atoms with Gasteiger partial charge in [-0.1, -0.05) is 12.1 Å². The maximum atomic E-state index is 5.71. The summed E-state index contributed by atoms with van der Waals surface area (Å²) in [6, 6.07) is 8.08. The molecule has 0 bridgehead atoms. The van der Waals surface area contributed by atoms with Crippen LogP contribution in [0.15, 0.2) is 24.3 Å². The van der Waals surface area contributed by atoms with E-state index in [-0.39, 0.29) is 6.10 Å². The molecular formula is C15H22O4. The Morgan fingerprint density at radius 3 is 2.58 bits per heavy atom. The molecule has 0 saturated carbocycles. The largest absolute Gasteiger partial charge is 0.491 e. The van der Waals surface area contributed by atoms with Crippen molar-refractivity contribution in [2.24, 2.45) is 0 Å². The van der Waals surface area contributed by atoms with Crippen LogP contribution < -0.4 is 4.74 Å². The van der Waals surface area contributed by atoms with Crippen LogP contribution in [-0.4, -0.2) is 38.8 Å². The van der Waals surface area contributed by atoms with Crippen molar-refractivity contribution in [1.82, 2.24) is 0 Å². The Morgan fingerprint density at radius 1 is 1.26 bits per heavy atom. The molecule has 1 aromatic rings. The zero-order valence-electron chi connectivity index (χ0n) is 11.8. The molecule has 4 heteroatoms. The predicted molar refractivity (Wildman–Crippen MR) is 72.4 cm³/mol. The number of rotatable bonds is 6. The zero-order valence-corrected chi connectivity index (χ0v) is 11.8. The number of hydrogen-bond acceptors (Lipinski definition) is 4. The van der Waals surface area contributed by atoms with Crippen molar-refractivity contribution < 1.29 is 18.9 Å². The second kappa shape index (κ2) is 6.37. The third-order valence-corrected chi connectivity index (χ3v) is 3.02. The first kappa shape index (κ1) is 14.3. The Hall–Kier alpha value is -1.10. The summed E-state index contributed by atoms with van der Waals surface area (Å²) in [4.78, 5) is 0. The van der Waals surface area contributed by atoms with Gasteiger partial charge in [-0.3, -0.25) is 0 Å². The molecule has 4 nitrogen and oxygen atoms in total. The van der Waals surface area contributed by atoms with Crippen LogP contribution in [0, 0.1) is 0 Å². The summed E-state index contributed by atoms with van der Waals surface area (Å²) >= 11 is 0. The van der Waals surface area contributed by atoms with E-state index in [9.17, 15) is 0 Å². The lowest BCUT2D eigenvalue weighted by atomic mass is 10.1. The van der Waals surface area contributed by atoms with Gasteiger partial charge in [0.1, 0.15) is 18.5 Å². The maximum Gasteiger partial charge on any atom is 0.163 e. The van der Waals surface area contributed by atoms with Gasteiger partial charge in [-0.25, -0.2) is 0 Å². The summed E-state index contributed by atoms with van der Waals surface area (Å²) in [7, 11) is 1.71. The summed E-state index contributed by atoms with van der Waals surface area (Å²) in [6.45, 7) is 5.66. The van der Waals surface area contributed by atoms with E-state index >= 15 is 0 Å². The van der Waals surface area contributed by atoms with E-state index in [0.717, 1.165) is 18.8 Å². The second-order valence-corrected chi connectivity index (χ2v) is 5.15. The summed E-state index contributed by atoms with van der Waals surface area (Å²) in [5, 5.41) is 0. The van der Waals surface area contributed by atoms with Crippen LogP contribution in [0.5, 0.6) is 5.75 Å².